The molecular weight excluding hydrogens is 212 g/mol. The van der Waals surface area contributed by atoms with Gasteiger partial charge < -0.3 is 4.74 Å². The quantitative estimate of drug-likeness (QED) is 0.736. The van der Waals surface area contributed by atoms with E-state index >= 15 is 0 Å². The number of aryl methyl sites for hydroxylation is 1. The van der Waals surface area contributed by atoms with Crippen LogP contribution >= 0.6 is 11.6 Å². The van der Waals surface area contributed by atoms with Gasteiger partial charge in [-0.1, -0.05) is 11.6 Å². The van der Waals surface area contributed by atoms with Crippen LogP contribution < -0.4 is 4.74 Å². The zero-order valence-corrected chi connectivity index (χ0v) is 10.2. The number of halogens is 1. The van der Waals surface area contributed by atoms with Crippen LogP contribution in [-0.2, 0) is 0 Å². The van der Waals surface area contributed by atoms with Crippen LogP contribution in [0.4, 0.5) is 0 Å². The third-order valence-electron chi connectivity index (χ3n) is 2.01. The lowest BCUT2D eigenvalue weighted by molar-refractivity contribution is 0.101. The lowest BCUT2D eigenvalue weighted by Gasteiger charge is -2.13. The summed E-state index contributed by atoms with van der Waals surface area (Å²) < 4.78 is 5.56. The molecule has 0 fully saturated rings. The summed E-state index contributed by atoms with van der Waals surface area (Å²) in [5.74, 6) is 0.708. The Kier molecular flexibility index (Phi) is 3.75. The number of carbonyl (C=O) groups is 1. The van der Waals surface area contributed by atoms with Crippen LogP contribution in [0.3, 0.4) is 0 Å². The predicted molar refractivity (Wildman–Crippen MR) is 62.0 cm³/mol. The molecule has 0 atom stereocenters. The van der Waals surface area contributed by atoms with Gasteiger partial charge in [0.1, 0.15) is 5.75 Å². The molecule has 0 saturated heterocycles. The van der Waals surface area contributed by atoms with Crippen molar-refractivity contribution in [3.8, 4) is 5.75 Å². The summed E-state index contributed by atoms with van der Waals surface area (Å²) in [7, 11) is 0. The second-order valence-electron chi connectivity index (χ2n) is 3.82. The van der Waals surface area contributed by atoms with Crippen LogP contribution in [0.15, 0.2) is 12.1 Å². The summed E-state index contributed by atoms with van der Waals surface area (Å²) in [6.07, 6.45) is 0.0999. The van der Waals surface area contributed by atoms with Crippen molar-refractivity contribution in [2.75, 3.05) is 0 Å². The summed E-state index contributed by atoms with van der Waals surface area (Å²) in [6, 6.07) is 3.47. The smallest absolute Gasteiger partial charge is 0.161 e. The molecule has 0 bridgehead atoms. The molecule has 0 amide bonds. The number of hydrogen-bond donors (Lipinski definition) is 0. The van der Waals surface area contributed by atoms with Crippen molar-refractivity contribution >= 4 is 17.4 Å². The Bertz CT molecular complexity index is 383. The molecule has 0 aliphatic carbocycles. The van der Waals surface area contributed by atoms with Crippen molar-refractivity contribution in [2.24, 2.45) is 0 Å². The van der Waals surface area contributed by atoms with E-state index in [0.717, 1.165) is 11.3 Å². The van der Waals surface area contributed by atoms with Gasteiger partial charge in [-0.3, -0.25) is 4.79 Å². The van der Waals surface area contributed by atoms with Crippen LogP contribution in [0.25, 0.3) is 0 Å². The number of hydrogen-bond acceptors (Lipinski definition) is 2. The van der Waals surface area contributed by atoms with E-state index in [2.05, 4.69) is 0 Å². The second-order valence-corrected chi connectivity index (χ2v) is 4.23. The highest BCUT2D eigenvalue weighted by molar-refractivity contribution is 6.34. The van der Waals surface area contributed by atoms with Crippen LogP contribution in [0.5, 0.6) is 5.75 Å². The zero-order valence-electron chi connectivity index (χ0n) is 9.43. The van der Waals surface area contributed by atoms with Gasteiger partial charge in [0.25, 0.3) is 0 Å². The minimum Gasteiger partial charge on any atom is -0.491 e. The first kappa shape index (κ1) is 12.1. The number of rotatable bonds is 3. The minimum absolute atomic E-state index is 0.0285. The van der Waals surface area contributed by atoms with Crippen molar-refractivity contribution in [3.05, 3.63) is 28.3 Å². The van der Waals surface area contributed by atoms with Gasteiger partial charge in [0.05, 0.1) is 11.1 Å². The maximum atomic E-state index is 11.2. The third-order valence-corrected chi connectivity index (χ3v) is 2.32. The lowest BCUT2D eigenvalue weighted by atomic mass is 10.1. The molecular formula is C12H15ClO2. The molecule has 0 aliphatic rings. The normalized spacial score (nSPS) is 10.5. The largest absolute Gasteiger partial charge is 0.491 e. The summed E-state index contributed by atoms with van der Waals surface area (Å²) in [5.41, 5.74) is 1.48. The number of carbonyl (C=O) groups excluding carboxylic acids is 1. The molecule has 0 spiro atoms. The SMILES string of the molecule is CC(=O)c1cc(C)c(OC(C)C)cc1Cl. The monoisotopic (exact) mass is 226 g/mol. The van der Waals surface area contributed by atoms with Gasteiger partial charge >= 0.3 is 0 Å². The molecule has 1 aromatic rings. The highest BCUT2D eigenvalue weighted by Crippen LogP contribution is 2.27. The average molecular weight is 227 g/mol. The third kappa shape index (κ3) is 2.96. The topological polar surface area (TPSA) is 26.3 Å². The zero-order chi connectivity index (χ0) is 11.6. The Morgan fingerprint density at radius 3 is 2.47 bits per heavy atom. The second kappa shape index (κ2) is 4.67. The summed E-state index contributed by atoms with van der Waals surface area (Å²) in [6.45, 7) is 7.31. The molecule has 3 heteroatoms. The Morgan fingerprint density at radius 2 is 2.00 bits per heavy atom. The maximum Gasteiger partial charge on any atom is 0.161 e. The van der Waals surface area contributed by atoms with Gasteiger partial charge in [-0.25, -0.2) is 0 Å². The van der Waals surface area contributed by atoms with Crippen LogP contribution in [-0.4, -0.2) is 11.9 Å². The van der Waals surface area contributed by atoms with Gasteiger partial charge in [-0.15, -0.1) is 0 Å². The van der Waals surface area contributed by atoms with Gasteiger partial charge in [0.15, 0.2) is 5.78 Å². The van der Waals surface area contributed by atoms with Gasteiger partial charge in [-0.2, -0.15) is 0 Å². The minimum atomic E-state index is -0.0285. The molecule has 0 aliphatic heterocycles. The molecule has 1 aromatic carbocycles. The first-order valence-electron chi connectivity index (χ1n) is 4.89. The Hall–Kier alpha value is -1.02. The number of ether oxygens (including phenoxy) is 1. The van der Waals surface area contributed by atoms with E-state index in [1.54, 1.807) is 12.1 Å². The number of Topliss-reactive ketones (excluding diaryl/α,β-unsaturated/α-hetero) is 1. The van der Waals surface area contributed by atoms with E-state index in [9.17, 15) is 4.79 Å². The highest BCUT2D eigenvalue weighted by atomic mass is 35.5. The molecule has 0 saturated carbocycles. The Morgan fingerprint density at radius 1 is 1.40 bits per heavy atom. The van der Waals surface area contributed by atoms with Crippen LogP contribution in [0, 0.1) is 6.92 Å². The number of ketones is 1. The number of benzene rings is 1. The van der Waals surface area contributed by atoms with Crippen molar-refractivity contribution in [1.29, 1.82) is 0 Å². The lowest BCUT2D eigenvalue weighted by Crippen LogP contribution is -2.07. The molecule has 0 aromatic heterocycles. The Balaban J connectivity index is 3.13. The molecule has 0 radical (unpaired) electrons. The fourth-order valence-corrected chi connectivity index (χ4v) is 1.60. The van der Waals surface area contributed by atoms with Crippen LogP contribution in [0.1, 0.15) is 36.7 Å². The summed E-state index contributed by atoms with van der Waals surface area (Å²) in [4.78, 5) is 11.2. The van der Waals surface area contributed by atoms with E-state index in [-0.39, 0.29) is 11.9 Å². The van der Waals surface area contributed by atoms with Crippen molar-refractivity contribution in [1.82, 2.24) is 0 Å². The van der Waals surface area contributed by atoms with Crippen LogP contribution in [0.2, 0.25) is 5.02 Å². The van der Waals surface area contributed by atoms with Crippen molar-refractivity contribution < 1.29 is 9.53 Å². The Labute approximate surface area is 95.2 Å². The fraction of sp³-hybridized carbons (Fsp3) is 0.417. The maximum absolute atomic E-state index is 11.2. The first-order chi connectivity index (χ1) is 6.91. The molecule has 0 heterocycles. The van der Waals surface area contributed by atoms with E-state index in [1.807, 2.05) is 20.8 Å². The van der Waals surface area contributed by atoms with E-state index in [0.29, 0.717) is 10.6 Å². The van der Waals surface area contributed by atoms with E-state index in [1.165, 1.54) is 6.92 Å². The standard InChI is InChI=1S/C12H15ClO2/c1-7(2)15-12-6-11(13)10(9(4)14)5-8(12)3/h5-7H,1-4H3. The average Bonchev–Trinajstić information content (AvgIpc) is 2.09. The summed E-state index contributed by atoms with van der Waals surface area (Å²) in [5, 5.41) is 0.448. The molecule has 2 nitrogen and oxygen atoms in total. The van der Waals surface area contributed by atoms with Crippen molar-refractivity contribution in [2.45, 2.75) is 33.8 Å². The van der Waals surface area contributed by atoms with Crippen molar-refractivity contribution in [3.63, 3.8) is 0 Å². The predicted octanol–water partition coefficient (Wildman–Crippen LogP) is 3.64. The first-order valence-corrected chi connectivity index (χ1v) is 5.27. The van der Waals surface area contributed by atoms with Gasteiger partial charge in [0, 0.05) is 5.56 Å². The molecule has 0 N–H and O–H groups in total. The van der Waals surface area contributed by atoms with Gasteiger partial charge in [-0.05, 0) is 45.4 Å². The summed E-state index contributed by atoms with van der Waals surface area (Å²) >= 11 is 5.98. The van der Waals surface area contributed by atoms with E-state index in [4.69, 9.17) is 16.3 Å². The fourth-order valence-electron chi connectivity index (χ4n) is 1.31. The van der Waals surface area contributed by atoms with E-state index < -0.39 is 0 Å². The molecule has 1 rings (SSSR count). The van der Waals surface area contributed by atoms with Gasteiger partial charge in [0.2, 0.25) is 0 Å². The highest BCUT2D eigenvalue weighted by Gasteiger charge is 2.10. The molecule has 15 heavy (non-hydrogen) atoms. The molecule has 0 unspecified atom stereocenters. The molecule has 82 valence electrons.